The van der Waals surface area contributed by atoms with Crippen LogP contribution in [0.1, 0.15) is 36.5 Å². The average Bonchev–Trinajstić information content (AvgIpc) is 3.42. The van der Waals surface area contributed by atoms with Gasteiger partial charge in [-0.15, -0.1) is 0 Å². The Kier molecular flexibility index (Phi) is 4.67. The normalized spacial score (nSPS) is 17.2. The van der Waals surface area contributed by atoms with E-state index in [2.05, 4.69) is 0 Å². The summed E-state index contributed by atoms with van der Waals surface area (Å²) in [5.74, 6) is -0.780. The molecule has 0 atom stereocenters. The van der Waals surface area contributed by atoms with Crippen LogP contribution in [0.5, 0.6) is 0 Å². The number of hydrogen-bond acceptors (Lipinski definition) is 5. The predicted octanol–water partition coefficient (Wildman–Crippen LogP) is 4.15. The Bertz CT molecular complexity index is 1320. The highest BCUT2D eigenvalue weighted by Gasteiger charge is 2.36. The second-order valence-corrected chi connectivity index (χ2v) is 7.71. The fraction of sp³-hybridized carbons (Fsp3) is 0.0769. The first-order valence-corrected chi connectivity index (χ1v) is 10.3. The van der Waals surface area contributed by atoms with Gasteiger partial charge in [-0.1, -0.05) is 36.4 Å². The summed E-state index contributed by atoms with van der Waals surface area (Å²) in [6.45, 7) is 2.69. The van der Waals surface area contributed by atoms with Gasteiger partial charge in [0.05, 0.1) is 22.5 Å². The quantitative estimate of drug-likeness (QED) is 0.561. The highest BCUT2D eigenvalue weighted by atomic mass is 16.3. The number of rotatable bonds is 2. The molecule has 0 spiro atoms. The van der Waals surface area contributed by atoms with Gasteiger partial charge in [-0.3, -0.25) is 19.2 Å². The molecule has 0 bridgehead atoms. The van der Waals surface area contributed by atoms with Crippen LogP contribution in [0.2, 0.25) is 0 Å². The van der Waals surface area contributed by atoms with Crippen molar-refractivity contribution >= 4 is 58.3 Å². The van der Waals surface area contributed by atoms with Crippen molar-refractivity contribution in [1.82, 2.24) is 0 Å². The average molecular weight is 438 g/mol. The van der Waals surface area contributed by atoms with E-state index in [4.69, 9.17) is 4.42 Å². The van der Waals surface area contributed by atoms with E-state index in [0.29, 0.717) is 45.2 Å². The van der Waals surface area contributed by atoms with Crippen molar-refractivity contribution < 1.29 is 23.6 Å². The van der Waals surface area contributed by atoms with Crippen LogP contribution in [0.3, 0.4) is 0 Å². The first-order valence-electron chi connectivity index (χ1n) is 10.3. The van der Waals surface area contributed by atoms with Gasteiger partial charge in [-0.2, -0.15) is 0 Å². The van der Waals surface area contributed by atoms with Gasteiger partial charge in [-0.05, 0) is 36.4 Å². The maximum absolute atomic E-state index is 12.9. The molecule has 1 aromatic heterocycles. The number of benzene rings is 2. The van der Waals surface area contributed by atoms with Gasteiger partial charge >= 0.3 is 0 Å². The van der Waals surface area contributed by atoms with Gasteiger partial charge in [0.1, 0.15) is 11.5 Å². The fourth-order valence-electron chi connectivity index (χ4n) is 4.20. The summed E-state index contributed by atoms with van der Waals surface area (Å²) in [5, 5.41) is 0. The third-order valence-electron chi connectivity index (χ3n) is 5.59. The number of carbonyl (C=O) groups excluding carboxylic acids is 4. The van der Waals surface area contributed by atoms with E-state index in [1.807, 2.05) is 0 Å². The maximum Gasteiger partial charge on any atom is 0.265 e. The molecule has 0 saturated heterocycles. The van der Waals surface area contributed by atoms with Crippen LogP contribution in [-0.2, 0) is 19.2 Å². The first kappa shape index (κ1) is 20.4. The molecule has 3 heterocycles. The van der Waals surface area contributed by atoms with Gasteiger partial charge in [0.15, 0.2) is 0 Å². The molecule has 3 aromatic rings. The molecule has 7 heteroatoms. The number of fused-ring (bicyclic) bond motifs is 2. The van der Waals surface area contributed by atoms with Crippen molar-refractivity contribution in [3.63, 3.8) is 0 Å². The lowest BCUT2D eigenvalue weighted by Crippen LogP contribution is -2.31. The molecule has 0 fully saturated rings. The van der Waals surface area contributed by atoms with Crippen molar-refractivity contribution in [2.45, 2.75) is 13.8 Å². The van der Waals surface area contributed by atoms with E-state index in [1.165, 1.54) is 13.8 Å². The molecular formula is C26H18N2O5. The lowest BCUT2D eigenvalue weighted by molar-refractivity contribution is -0.123. The molecule has 4 amide bonds. The minimum absolute atomic E-state index is 0.347. The molecule has 33 heavy (non-hydrogen) atoms. The number of carbonyl (C=O) groups is 4. The number of para-hydroxylation sites is 2. The lowest BCUT2D eigenvalue weighted by atomic mass is 10.1. The molecule has 2 aromatic carbocycles. The van der Waals surface area contributed by atoms with E-state index >= 15 is 0 Å². The molecule has 0 radical (unpaired) electrons. The van der Waals surface area contributed by atoms with Crippen LogP contribution in [0.15, 0.2) is 65.1 Å². The van der Waals surface area contributed by atoms with Crippen molar-refractivity contribution in [3.8, 4) is 0 Å². The largest absolute Gasteiger partial charge is 0.457 e. The van der Waals surface area contributed by atoms with Gasteiger partial charge < -0.3 is 4.42 Å². The van der Waals surface area contributed by atoms with Gasteiger partial charge in [0.25, 0.3) is 11.8 Å². The Morgan fingerprint density at radius 1 is 0.667 bits per heavy atom. The Hall–Kier alpha value is -4.52. The maximum atomic E-state index is 12.9. The van der Waals surface area contributed by atoms with Crippen LogP contribution in [0.4, 0.5) is 11.4 Å². The van der Waals surface area contributed by atoms with Crippen LogP contribution in [0, 0.1) is 0 Å². The Labute approximate surface area is 189 Å². The van der Waals surface area contributed by atoms with E-state index in [9.17, 15) is 19.2 Å². The molecular weight excluding hydrogens is 420 g/mol. The van der Waals surface area contributed by atoms with Crippen molar-refractivity contribution in [2.24, 2.45) is 0 Å². The van der Waals surface area contributed by atoms with E-state index in [1.54, 1.807) is 72.8 Å². The number of furan rings is 1. The predicted molar refractivity (Wildman–Crippen MR) is 124 cm³/mol. The molecule has 0 N–H and O–H groups in total. The monoisotopic (exact) mass is 438 g/mol. The summed E-state index contributed by atoms with van der Waals surface area (Å²) in [4.78, 5) is 52.0. The van der Waals surface area contributed by atoms with E-state index in [0.717, 1.165) is 9.80 Å². The first-order chi connectivity index (χ1) is 15.9. The zero-order chi connectivity index (χ0) is 23.3. The van der Waals surface area contributed by atoms with Crippen LogP contribution < -0.4 is 9.80 Å². The highest BCUT2D eigenvalue weighted by Crippen LogP contribution is 2.39. The second kappa shape index (κ2) is 7.56. The SMILES string of the molecule is CC(=O)N1C(=O)/C(=C/c2ccc(/C=C3/C(=O)N(C(C)=O)c4ccccc43)o2)c2ccccc21. The standard InChI is InChI=1S/C26H18N2O5/c1-15(29)27-23-9-5-3-7-19(23)21(25(27)31)13-17-11-12-18(33-17)14-22-20-8-4-6-10-24(20)28(16(2)30)26(22)32/h3-14H,1-2H3/b21-13+,22-14+. The number of nitrogens with zero attached hydrogens (tertiary/aromatic N) is 2. The fourth-order valence-corrected chi connectivity index (χ4v) is 4.20. The van der Waals surface area contributed by atoms with Crippen LogP contribution in [-0.4, -0.2) is 23.6 Å². The summed E-state index contributed by atoms with van der Waals surface area (Å²) in [6, 6.07) is 17.5. The number of anilines is 2. The zero-order valence-electron chi connectivity index (χ0n) is 17.9. The minimum Gasteiger partial charge on any atom is -0.457 e. The molecule has 2 aliphatic heterocycles. The molecule has 5 rings (SSSR count). The Balaban J connectivity index is 1.53. The van der Waals surface area contributed by atoms with Crippen LogP contribution >= 0.6 is 0 Å². The van der Waals surface area contributed by atoms with Crippen molar-refractivity contribution in [1.29, 1.82) is 0 Å². The molecule has 2 aliphatic rings. The summed E-state index contributed by atoms with van der Waals surface area (Å²) < 4.78 is 5.86. The van der Waals surface area contributed by atoms with Gasteiger partial charge in [-0.25, -0.2) is 9.80 Å². The third-order valence-corrected chi connectivity index (χ3v) is 5.59. The van der Waals surface area contributed by atoms with Crippen LogP contribution in [0.25, 0.3) is 23.3 Å². The van der Waals surface area contributed by atoms with Crippen molar-refractivity contribution in [3.05, 3.63) is 83.3 Å². The summed E-state index contributed by atoms with van der Waals surface area (Å²) in [7, 11) is 0. The molecule has 7 nitrogen and oxygen atoms in total. The summed E-state index contributed by atoms with van der Waals surface area (Å²) in [6.07, 6.45) is 3.16. The Morgan fingerprint density at radius 2 is 1.06 bits per heavy atom. The van der Waals surface area contributed by atoms with E-state index in [-0.39, 0.29) is 11.8 Å². The van der Waals surface area contributed by atoms with Gasteiger partial charge in [0.2, 0.25) is 11.8 Å². The number of imide groups is 2. The smallest absolute Gasteiger partial charge is 0.265 e. The molecule has 162 valence electrons. The van der Waals surface area contributed by atoms with E-state index < -0.39 is 11.8 Å². The summed E-state index contributed by atoms with van der Waals surface area (Å²) >= 11 is 0. The van der Waals surface area contributed by atoms with Crippen molar-refractivity contribution in [2.75, 3.05) is 9.80 Å². The molecule has 0 saturated carbocycles. The summed E-state index contributed by atoms with van der Waals surface area (Å²) in [5.41, 5.74) is 3.05. The molecule has 0 aliphatic carbocycles. The lowest BCUT2D eigenvalue weighted by Gasteiger charge is -2.11. The Morgan fingerprint density at radius 3 is 1.45 bits per heavy atom. The third kappa shape index (κ3) is 3.22. The highest BCUT2D eigenvalue weighted by molar-refractivity contribution is 6.42. The minimum atomic E-state index is -0.419. The number of amides is 4. The topological polar surface area (TPSA) is 87.9 Å². The zero-order valence-corrected chi connectivity index (χ0v) is 17.9. The van der Waals surface area contributed by atoms with Gasteiger partial charge in [0, 0.05) is 25.0 Å². The second-order valence-electron chi connectivity index (χ2n) is 7.71. The number of hydrogen-bond donors (Lipinski definition) is 0. The molecule has 0 unspecified atom stereocenters.